The van der Waals surface area contributed by atoms with Crippen LogP contribution in [-0.2, 0) is 0 Å². The molecule has 5 heteroatoms. The zero-order valence-corrected chi connectivity index (χ0v) is 20.9. The Morgan fingerprint density at radius 1 is 0.853 bits per heavy atom. The number of rotatable bonds is 9. The van der Waals surface area contributed by atoms with Crippen LogP contribution in [0.2, 0.25) is 0 Å². The number of hydrogen-bond acceptors (Lipinski definition) is 3. The van der Waals surface area contributed by atoms with E-state index in [1.807, 2.05) is 44.4 Å². The number of likely N-dealkylation sites (N-methyl/N-ethyl adjacent to an activating group) is 1. The van der Waals surface area contributed by atoms with E-state index in [2.05, 4.69) is 62.1 Å². The summed E-state index contributed by atoms with van der Waals surface area (Å²) in [6.45, 7) is 8.11. The molecule has 0 bridgehead atoms. The first kappa shape index (κ1) is 28.9. The summed E-state index contributed by atoms with van der Waals surface area (Å²) in [6, 6.07) is 24.6. The number of nitrogens with zero attached hydrogens (tertiary/aromatic N) is 1. The molecule has 3 rings (SSSR count). The van der Waals surface area contributed by atoms with Gasteiger partial charge in [-0.25, -0.2) is 0 Å². The van der Waals surface area contributed by atoms with Gasteiger partial charge in [-0.2, -0.15) is 0 Å². The Bertz CT molecular complexity index is 1040. The van der Waals surface area contributed by atoms with E-state index in [1.165, 1.54) is 16.7 Å². The molecule has 0 spiro atoms. The molecule has 0 aliphatic rings. The number of para-hydroxylation sites is 1. The predicted octanol–water partition coefficient (Wildman–Crippen LogP) is 5.18. The highest BCUT2D eigenvalue weighted by Gasteiger charge is 2.16. The summed E-state index contributed by atoms with van der Waals surface area (Å²) in [6.07, 6.45) is 0.853. The molecule has 0 heterocycles. The van der Waals surface area contributed by atoms with Gasteiger partial charge in [0, 0.05) is 12.1 Å². The summed E-state index contributed by atoms with van der Waals surface area (Å²) in [7, 11) is 4.08. The third-order valence-corrected chi connectivity index (χ3v) is 5.70. The molecule has 0 aromatic heterocycles. The monoisotopic (exact) mass is 465 g/mol. The van der Waals surface area contributed by atoms with Crippen molar-refractivity contribution in [3.63, 3.8) is 0 Å². The number of hydrogen-bond donors (Lipinski definition) is 1. The van der Waals surface area contributed by atoms with Crippen molar-refractivity contribution in [1.82, 2.24) is 4.90 Å². The molecule has 34 heavy (non-hydrogen) atoms. The molecule has 184 valence electrons. The van der Waals surface area contributed by atoms with Crippen LogP contribution < -0.4 is 4.74 Å². The Morgan fingerprint density at radius 2 is 1.44 bits per heavy atom. The molecule has 0 unspecified atom stereocenters. The van der Waals surface area contributed by atoms with Crippen LogP contribution in [0.25, 0.3) is 11.1 Å². The molecule has 0 atom stereocenters. The molecule has 0 fully saturated rings. The summed E-state index contributed by atoms with van der Waals surface area (Å²) < 4.78 is 5.88. The molecular formula is C29H39NO4. The van der Waals surface area contributed by atoms with Crippen LogP contribution in [0.5, 0.6) is 11.5 Å². The Kier molecular flexibility index (Phi) is 11.5. The maximum absolute atomic E-state index is 10.7. The van der Waals surface area contributed by atoms with Crippen molar-refractivity contribution in [3.8, 4) is 11.5 Å². The van der Waals surface area contributed by atoms with E-state index >= 15 is 0 Å². The summed E-state index contributed by atoms with van der Waals surface area (Å²) in [4.78, 5) is 2.10. The van der Waals surface area contributed by atoms with E-state index < -0.39 is 0 Å². The Labute approximate surface area is 203 Å². The smallest absolute Gasteiger partial charge is 0.123 e. The molecule has 3 aromatic rings. The normalized spacial score (nSPS) is 11.5. The summed E-state index contributed by atoms with van der Waals surface area (Å²) in [5.74, 6) is 1.64. The minimum Gasteiger partial charge on any atom is -0.507 e. The molecule has 0 amide bonds. The molecular weight excluding hydrogens is 426 g/mol. The highest BCUT2D eigenvalue weighted by molar-refractivity contribution is 5.99. The van der Waals surface area contributed by atoms with Crippen molar-refractivity contribution in [2.24, 2.45) is 0 Å². The topological polar surface area (TPSA) is 95.7 Å². The van der Waals surface area contributed by atoms with Gasteiger partial charge < -0.3 is 25.7 Å². The Morgan fingerprint density at radius 3 is 1.97 bits per heavy atom. The standard InChI is InChI=1S/C29H35NO2.2H2O/c1-6-26(23-13-11-22(12-14-23)21(2)3)29(27-9-7-8-10-28(27)31)24-15-17-25(18-16-24)32-20-19-30(4)5;;/h7-18,21,31H,6,19-20H2,1-5H3;2*1H2/b29-26+;;. The van der Waals surface area contributed by atoms with E-state index in [0.717, 1.165) is 35.4 Å². The van der Waals surface area contributed by atoms with E-state index in [1.54, 1.807) is 6.07 Å². The van der Waals surface area contributed by atoms with Crippen LogP contribution in [0.15, 0.2) is 72.8 Å². The van der Waals surface area contributed by atoms with Crippen molar-refractivity contribution >= 4 is 11.1 Å². The second kappa shape index (κ2) is 13.6. The van der Waals surface area contributed by atoms with E-state index in [-0.39, 0.29) is 11.0 Å². The maximum Gasteiger partial charge on any atom is 0.123 e. The van der Waals surface area contributed by atoms with Crippen molar-refractivity contribution in [2.45, 2.75) is 33.1 Å². The Balaban J connectivity index is 0.00000289. The van der Waals surface area contributed by atoms with Gasteiger partial charge >= 0.3 is 0 Å². The van der Waals surface area contributed by atoms with Crippen LogP contribution in [0, 0.1) is 0 Å². The van der Waals surface area contributed by atoms with Crippen molar-refractivity contribution < 1.29 is 20.8 Å². The number of benzene rings is 3. The predicted molar refractivity (Wildman–Crippen MR) is 143 cm³/mol. The fraction of sp³-hybridized carbons (Fsp3) is 0.310. The van der Waals surface area contributed by atoms with E-state index in [4.69, 9.17) is 4.74 Å². The third-order valence-electron chi connectivity index (χ3n) is 5.70. The van der Waals surface area contributed by atoms with Crippen molar-refractivity contribution in [2.75, 3.05) is 27.2 Å². The first-order valence-corrected chi connectivity index (χ1v) is 11.4. The molecule has 0 aliphatic heterocycles. The van der Waals surface area contributed by atoms with Gasteiger partial charge in [-0.1, -0.05) is 75.4 Å². The van der Waals surface area contributed by atoms with Crippen LogP contribution in [0.4, 0.5) is 0 Å². The number of aromatic hydroxyl groups is 1. The van der Waals surface area contributed by atoms with Gasteiger partial charge in [-0.3, -0.25) is 0 Å². The van der Waals surface area contributed by atoms with Crippen LogP contribution in [0.3, 0.4) is 0 Å². The van der Waals surface area contributed by atoms with E-state index in [0.29, 0.717) is 18.3 Å². The second-order valence-corrected chi connectivity index (χ2v) is 8.68. The van der Waals surface area contributed by atoms with Gasteiger partial charge in [0.2, 0.25) is 0 Å². The fourth-order valence-corrected chi connectivity index (χ4v) is 3.84. The quantitative estimate of drug-likeness (QED) is 0.441. The van der Waals surface area contributed by atoms with Crippen LogP contribution in [0.1, 0.15) is 55.4 Å². The fourth-order valence-electron chi connectivity index (χ4n) is 3.84. The minimum absolute atomic E-state index is 0. The molecule has 3 aromatic carbocycles. The number of allylic oxidation sites excluding steroid dienone is 1. The van der Waals surface area contributed by atoms with Gasteiger partial charge in [0.15, 0.2) is 0 Å². The van der Waals surface area contributed by atoms with E-state index in [9.17, 15) is 5.11 Å². The molecule has 0 aliphatic carbocycles. The number of ether oxygens (including phenoxy) is 1. The molecule has 0 saturated heterocycles. The lowest BCUT2D eigenvalue weighted by molar-refractivity contribution is 0.261. The summed E-state index contributed by atoms with van der Waals surface area (Å²) >= 11 is 0. The molecule has 0 saturated carbocycles. The number of phenols is 1. The Hall–Kier alpha value is -3.12. The SMILES string of the molecule is CC/C(=C(/c1ccc(OCCN(C)C)cc1)c1ccccc1O)c1ccc(C(C)C)cc1.O.O. The van der Waals surface area contributed by atoms with Gasteiger partial charge in [-0.15, -0.1) is 0 Å². The number of phenolic OH excluding ortho intramolecular Hbond substituents is 1. The first-order chi connectivity index (χ1) is 15.4. The minimum atomic E-state index is 0. The van der Waals surface area contributed by atoms with Crippen molar-refractivity contribution in [1.29, 1.82) is 0 Å². The van der Waals surface area contributed by atoms with Gasteiger partial charge in [-0.05, 0) is 72.5 Å². The maximum atomic E-state index is 10.7. The first-order valence-electron chi connectivity index (χ1n) is 11.4. The average molecular weight is 466 g/mol. The van der Waals surface area contributed by atoms with Gasteiger partial charge in [0.25, 0.3) is 0 Å². The molecule has 5 nitrogen and oxygen atoms in total. The van der Waals surface area contributed by atoms with Crippen LogP contribution >= 0.6 is 0 Å². The third kappa shape index (κ3) is 7.19. The lowest BCUT2D eigenvalue weighted by Gasteiger charge is -2.18. The highest BCUT2D eigenvalue weighted by Crippen LogP contribution is 2.38. The average Bonchev–Trinajstić information content (AvgIpc) is 2.79. The summed E-state index contributed by atoms with van der Waals surface area (Å²) in [5, 5.41) is 10.7. The second-order valence-electron chi connectivity index (χ2n) is 8.68. The lowest BCUT2D eigenvalue weighted by atomic mass is 9.87. The zero-order chi connectivity index (χ0) is 23.1. The largest absolute Gasteiger partial charge is 0.507 e. The summed E-state index contributed by atoms with van der Waals surface area (Å²) in [5.41, 5.74) is 6.69. The highest BCUT2D eigenvalue weighted by atomic mass is 16.5. The van der Waals surface area contributed by atoms with Gasteiger partial charge in [0.05, 0.1) is 0 Å². The molecule has 0 radical (unpaired) electrons. The van der Waals surface area contributed by atoms with Gasteiger partial charge in [0.1, 0.15) is 18.1 Å². The lowest BCUT2D eigenvalue weighted by Crippen LogP contribution is -2.19. The molecule has 5 N–H and O–H groups in total. The van der Waals surface area contributed by atoms with Crippen LogP contribution in [-0.4, -0.2) is 48.2 Å². The van der Waals surface area contributed by atoms with Crippen molar-refractivity contribution in [3.05, 3.63) is 95.1 Å². The zero-order valence-electron chi connectivity index (χ0n) is 20.9.